The fraction of sp³-hybridized carbons (Fsp3) is 0.958. The van der Waals surface area contributed by atoms with Crippen molar-refractivity contribution in [2.75, 3.05) is 54.4 Å². The molecule has 1 aliphatic carbocycles. The minimum absolute atomic E-state index is 0.331. The Kier molecular flexibility index (Phi) is 39.1. The van der Waals surface area contributed by atoms with Crippen molar-refractivity contribution in [3.8, 4) is 0 Å². The molecule has 0 atom stereocenters. The Morgan fingerprint density at radius 1 is 0.448 bits per heavy atom. The minimum atomic E-state index is -1.50. The van der Waals surface area contributed by atoms with Crippen molar-refractivity contribution in [1.82, 2.24) is 19.6 Å². The normalized spacial score (nSPS) is 15.4. The lowest BCUT2D eigenvalue weighted by Gasteiger charge is -2.41. The van der Waals surface area contributed by atoms with Crippen molar-refractivity contribution in [2.45, 2.75) is 244 Å². The first-order valence-electron chi connectivity index (χ1n) is 24.7. The number of hydrogen-bond acceptors (Lipinski definition) is 6. The van der Waals surface area contributed by atoms with Crippen molar-refractivity contribution in [1.29, 1.82) is 0 Å². The van der Waals surface area contributed by atoms with Gasteiger partial charge in [0.05, 0.1) is 0 Å². The summed E-state index contributed by atoms with van der Waals surface area (Å²) in [5, 5.41) is 13.6. The second-order valence-corrected chi connectivity index (χ2v) is 18.2. The summed E-state index contributed by atoms with van der Waals surface area (Å²) in [6, 6.07) is 0.662. The Labute approximate surface area is 359 Å². The minimum Gasteiger partial charge on any atom is -0.340 e. The van der Waals surface area contributed by atoms with Gasteiger partial charge in [-0.1, -0.05) is 168 Å². The van der Waals surface area contributed by atoms with Crippen LogP contribution in [-0.4, -0.2) is 108 Å². The van der Waals surface area contributed by atoms with E-state index in [1.54, 1.807) is 0 Å². The summed E-state index contributed by atoms with van der Waals surface area (Å²) in [7, 11) is 8.52. The molecule has 0 heterocycles. The molecule has 0 spiro atoms. The van der Waals surface area contributed by atoms with E-state index in [0.717, 1.165) is 77.5 Å². The van der Waals surface area contributed by atoms with Gasteiger partial charge in [-0.3, -0.25) is 9.59 Å². The molecule has 0 saturated heterocycles. The number of rotatable bonds is 38. The zero-order valence-corrected chi connectivity index (χ0v) is 39.3. The highest BCUT2D eigenvalue weighted by molar-refractivity contribution is 5.77. The Morgan fingerprint density at radius 2 is 0.672 bits per heavy atom. The number of hydrogen-bond donors (Lipinski definition) is 1. The summed E-state index contributed by atoms with van der Waals surface area (Å²) in [5.41, 5.74) is 0. The highest BCUT2D eigenvalue weighted by atomic mass is 16.9. The summed E-state index contributed by atoms with van der Waals surface area (Å²) < 4.78 is 0. The molecule has 0 aromatic rings. The van der Waals surface area contributed by atoms with Crippen LogP contribution in [0.5, 0.6) is 0 Å². The number of nitrogens with zero attached hydrogens (tertiary/aromatic N) is 5. The zero-order chi connectivity index (χ0) is 43.1. The smallest absolute Gasteiger partial charge is 0.291 e. The third-order valence-electron chi connectivity index (χ3n) is 12.2. The summed E-state index contributed by atoms with van der Waals surface area (Å²) >= 11 is 0. The van der Waals surface area contributed by atoms with E-state index in [-0.39, 0.29) is 0 Å². The summed E-state index contributed by atoms with van der Waals surface area (Å²) in [6.07, 6.45) is 42.3. The molecule has 58 heavy (non-hydrogen) atoms. The van der Waals surface area contributed by atoms with Gasteiger partial charge in [-0.2, -0.15) is 0 Å². The van der Waals surface area contributed by atoms with Gasteiger partial charge in [-0.15, -0.1) is 10.1 Å². The fourth-order valence-corrected chi connectivity index (χ4v) is 8.69. The van der Waals surface area contributed by atoms with E-state index in [9.17, 15) is 9.59 Å². The van der Waals surface area contributed by atoms with E-state index in [2.05, 4.69) is 61.6 Å². The van der Waals surface area contributed by atoms with Gasteiger partial charge in [0.1, 0.15) is 0 Å². The third-order valence-corrected chi connectivity index (χ3v) is 12.2. The molecule has 0 aromatic carbocycles. The van der Waals surface area contributed by atoms with E-state index in [0.29, 0.717) is 36.7 Å². The second-order valence-electron chi connectivity index (χ2n) is 18.2. The number of amides is 2. The van der Waals surface area contributed by atoms with Crippen LogP contribution in [0.15, 0.2) is 0 Å². The molecular formula is C48H97N5O5. The lowest BCUT2D eigenvalue weighted by molar-refractivity contribution is -0.742. The lowest BCUT2D eigenvalue weighted by Crippen LogP contribution is -2.48. The Balaban J connectivity index is 0.00000773. The molecule has 1 aliphatic rings. The molecule has 0 bridgehead atoms. The SMILES string of the molecule is CCCCCCCCCCCCCCCC(=O)N(CCCN(C)C)C1CCC(N(CCCN(C)C)C(=O)CCCCCCCCCCCCCCC)CC1.O=[N+]([O-])O. The molecule has 0 radical (unpaired) electrons. The van der Waals surface area contributed by atoms with Crippen LogP contribution < -0.4 is 0 Å². The van der Waals surface area contributed by atoms with Crippen LogP contribution in [-0.2, 0) is 9.59 Å². The first kappa shape index (κ1) is 56.1. The molecule has 344 valence electrons. The van der Waals surface area contributed by atoms with E-state index in [1.807, 2.05) is 0 Å². The number of carbonyl (C=O) groups is 2. The van der Waals surface area contributed by atoms with Gasteiger partial charge in [0.25, 0.3) is 5.09 Å². The molecule has 0 unspecified atom stereocenters. The van der Waals surface area contributed by atoms with Crippen LogP contribution in [0.1, 0.15) is 232 Å². The maximum absolute atomic E-state index is 13.7. The van der Waals surface area contributed by atoms with E-state index in [1.165, 1.54) is 154 Å². The van der Waals surface area contributed by atoms with Gasteiger partial charge in [0, 0.05) is 38.0 Å². The standard InChI is InChI=1S/C48H96N4O2.HNO3/c1-7-9-11-13-15-17-19-21-23-25-27-29-31-35-47(53)51(43-33-41-49(3)4)45-37-39-46(40-38-45)52(44-34-42-50(5)6)48(54)36-32-30-28-26-24-22-20-18-16-14-12-10-8-2;2-1(3)4/h45-46H,7-44H2,1-6H3;(H,2,3,4). The average Bonchev–Trinajstić information content (AvgIpc) is 3.18. The molecule has 1 N–H and O–H groups in total. The van der Waals surface area contributed by atoms with Gasteiger partial charge >= 0.3 is 0 Å². The predicted octanol–water partition coefficient (Wildman–Crippen LogP) is 12.5. The van der Waals surface area contributed by atoms with Crippen molar-refractivity contribution in [3.05, 3.63) is 10.1 Å². The predicted molar refractivity (Wildman–Crippen MR) is 245 cm³/mol. The maximum Gasteiger partial charge on any atom is 0.291 e. The molecule has 10 heteroatoms. The highest BCUT2D eigenvalue weighted by Crippen LogP contribution is 2.29. The molecule has 2 amide bonds. The molecule has 1 fully saturated rings. The quantitative estimate of drug-likeness (QED) is 0.0375. The summed E-state index contributed by atoms with van der Waals surface area (Å²) in [6.45, 7) is 8.36. The Morgan fingerprint density at radius 3 is 0.897 bits per heavy atom. The summed E-state index contributed by atoms with van der Waals surface area (Å²) in [4.78, 5) is 44.8. The van der Waals surface area contributed by atoms with E-state index < -0.39 is 5.09 Å². The topological polar surface area (TPSA) is 110 Å². The largest absolute Gasteiger partial charge is 0.340 e. The average molecular weight is 824 g/mol. The van der Waals surface area contributed by atoms with Crippen LogP contribution in [0.2, 0.25) is 0 Å². The molecule has 1 saturated carbocycles. The van der Waals surface area contributed by atoms with Crippen molar-refractivity contribution in [3.63, 3.8) is 0 Å². The number of unbranched alkanes of at least 4 members (excludes halogenated alkanes) is 24. The lowest BCUT2D eigenvalue weighted by atomic mass is 9.88. The van der Waals surface area contributed by atoms with Crippen molar-refractivity contribution >= 4 is 11.8 Å². The zero-order valence-electron chi connectivity index (χ0n) is 39.3. The van der Waals surface area contributed by atoms with Crippen molar-refractivity contribution < 1.29 is 19.9 Å². The molecule has 1 rings (SSSR count). The van der Waals surface area contributed by atoms with Gasteiger partial charge < -0.3 is 24.8 Å². The Bertz CT molecular complexity index is 871. The molecule has 10 nitrogen and oxygen atoms in total. The van der Waals surface area contributed by atoms with Crippen LogP contribution in [0, 0.1) is 10.1 Å². The second kappa shape index (κ2) is 40.5. The summed E-state index contributed by atoms with van der Waals surface area (Å²) in [5.74, 6) is 0.753. The van der Waals surface area contributed by atoms with Crippen LogP contribution in [0.25, 0.3) is 0 Å². The monoisotopic (exact) mass is 824 g/mol. The van der Waals surface area contributed by atoms with Crippen LogP contribution in [0.4, 0.5) is 0 Å². The van der Waals surface area contributed by atoms with E-state index >= 15 is 0 Å². The van der Waals surface area contributed by atoms with Gasteiger partial charge in [-0.05, 0) is 92.6 Å². The first-order chi connectivity index (χ1) is 28.0. The fourth-order valence-electron chi connectivity index (χ4n) is 8.69. The number of carbonyl (C=O) groups excluding carboxylic acids is 2. The van der Waals surface area contributed by atoms with Gasteiger partial charge in [0.2, 0.25) is 11.8 Å². The highest BCUT2D eigenvalue weighted by Gasteiger charge is 2.32. The maximum atomic E-state index is 13.7. The van der Waals surface area contributed by atoms with Crippen molar-refractivity contribution in [2.24, 2.45) is 0 Å². The van der Waals surface area contributed by atoms with Gasteiger partial charge in [-0.25, -0.2) is 0 Å². The van der Waals surface area contributed by atoms with E-state index in [4.69, 9.17) is 15.3 Å². The van der Waals surface area contributed by atoms with Gasteiger partial charge in [0.15, 0.2) is 0 Å². The first-order valence-corrected chi connectivity index (χ1v) is 24.7. The van der Waals surface area contributed by atoms with Crippen LogP contribution in [0.3, 0.4) is 0 Å². The molecule has 0 aromatic heterocycles. The Hall–Kier alpha value is -1.94. The molecule has 0 aliphatic heterocycles. The third kappa shape index (κ3) is 34.9. The van der Waals surface area contributed by atoms with Crippen LogP contribution >= 0.6 is 0 Å². The molecular weight excluding hydrogens is 727 g/mol.